The first-order chi connectivity index (χ1) is 10.5. The average molecular weight is 306 g/mol. The molecule has 0 saturated carbocycles. The molecule has 5 nitrogen and oxygen atoms in total. The van der Waals surface area contributed by atoms with Crippen LogP contribution < -0.4 is 20.1 Å². The summed E-state index contributed by atoms with van der Waals surface area (Å²) >= 11 is 0. The Labute approximate surface area is 132 Å². The highest BCUT2D eigenvalue weighted by molar-refractivity contribution is 5.82. The first-order valence-corrected chi connectivity index (χ1v) is 7.80. The molecule has 3 unspecified atom stereocenters. The molecule has 0 aromatic heterocycles. The van der Waals surface area contributed by atoms with E-state index in [4.69, 9.17) is 9.47 Å². The van der Waals surface area contributed by atoms with Crippen molar-refractivity contribution in [3.8, 4) is 11.5 Å². The lowest BCUT2D eigenvalue weighted by molar-refractivity contribution is -0.124. The summed E-state index contributed by atoms with van der Waals surface area (Å²) in [7, 11) is 3.22. The van der Waals surface area contributed by atoms with Crippen LogP contribution in [0.4, 0.5) is 0 Å². The predicted octanol–water partition coefficient (Wildman–Crippen LogP) is 2.27. The molecule has 5 heteroatoms. The van der Waals surface area contributed by atoms with Gasteiger partial charge in [0, 0.05) is 0 Å². The standard InChI is InChI=1S/C17H26N2O3/c1-11-7-8-18-14(9-11)17(20)19-12(2)13-5-6-15(21-3)16(10-13)22-4/h5-6,10-12,14,18H,7-9H2,1-4H3,(H,19,20). The van der Waals surface area contributed by atoms with E-state index in [-0.39, 0.29) is 18.0 Å². The van der Waals surface area contributed by atoms with Gasteiger partial charge in [-0.25, -0.2) is 0 Å². The normalized spacial score (nSPS) is 22.7. The first kappa shape index (κ1) is 16.6. The molecule has 2 N–H and O–H groups in total. The number of rotatable bonds is 5. The second kappa shape index (κ2) is 7.49. The van der Waals surface area contributed by atoms with Crippen LogP contribution >= 0.6 is 0 Å². The summed E-state index contributed by atoms with van der Waals surface area (Å²) in [5, 5.41) is 6.37. The lowest BCUT2D eigenvalue weighted by Gasteiger charge is -2.28. The van der Waals surface area contributed by atoms with Gasteiger partial charge in [0.2, 0.25) is 5.91 Å². The van der Waals surface area contributed by atoms with Crippen molar-refractivity contribution >= 4 is 5.91 Å². The summed E-state index contributed by atoms with van der Waals surface area (Å²) in [6.07, 6.45) is 2.03. The highest BCUT2D eigenvalue weighted by Gasteiger charge is 2.25. The molecule has 1 aliphatic heterocycles. The van der Waals surface area contributed by atoms with Gasteiger partial charge >= 0.3 is 0 Å². The zero-order valence-electron chi connectivity index (χ0n) is 13.8. The van der Waals surface area contributed by atoms with Crippen LogP contribution in [0.5, 0.6) is 11.5 Å². The van der Waals surface area contributed by atoms with Gasteiger partial charge in [0.1, 0.15) is 0 Å². The van der Waals surface area contributed by atoms with Gasteiger partial charge in [0.25, 0.3) is 0 Å². The molecule has 1 amide bonds. The number of carbonyl (C=O) groups excluding carboxylic acids is 1. The minimum Gasteiger partial charge on any atom is -0.493 e. The molecule has 1 aromatic carbocycles. The molecule has 122 valence electrons. The predicted molar refractivity (Wildman–Crippen MR) is 86.3 cm³/mol. The van der Waals surface area contributed by atoms with Crippen molar-refractivity contribution < 1.29 is 14.3 Å². The number of methoxy groups -OCH3 is 2. The Morgan fingerprint density at radius 2 is 2.05 bits per heavy atom. The summed E-state index contributed by atoms with van der Waals surface area (Å²) in [5.41, 5.74) is 0.995. The van der Waals surface area contributed by atoms with Gasteiger partial charge in [0.05, 0.1) is 26.3 Å². The largest absolute Gasteiger partial charge is 0.493 e. The molecule has 1 aromatic rings. The number of ether oxygens (including phenoxy) is 2. The molecule has 1 fully saturated rings. The molecule has 3 atom stereocenters. The van der Waals surface area contributed by atoms with Gasteiger partial charge in [-0.3, -0.25) is 4.79 Å². The summed E-state index contributed by atoms with van der Waals surface area (Å²) in [5.74, 6) is 2.01. The third kappa shape index (κ3) is 3.91. The minimum absolute atomic E-state index is 0.0637. The molecule has 1 saturated heterocycles. The second-order valence-corrected chi connectivity index (χ2v) is 5.98. The van der Waals surface area contributed by atoms with E-state index >= 15 is 0 Å². The summed E-state index contributed by atoms with van der Waals surface area (Å²) in [4.78, 5) is 12.4. The SMILES string of the molecule is COc1ccc(C(C)NC(=O)C2CC(C)CCN2)cc1OC. The summed E-state index contributed by atoms with van der Waals surface area (Å²) < 4.78 is 10.5. The zero-order valence-corrected chi connectivity index (χ0v) is 13.8. The Morgan fingerprint density at radius 1 is 1.32 bits per heavy atom. The maximum absolute atomic E-state index is 12.4. The monoisotopic (exact) mass is 306 g/mol. The van der Waals surface area contributed by atoms with Crippen molar-refractivity contribution in [3.63, 3.8) is 0 Å². The van der Waals surface area contributed by atoms with Gasteiger partial charge in [-0.05, 0) is 49.9 Å². The van der Waals surface area contributed by atoms with E-state index in [1.54, 1.807) is 14.2 Å². The maximum Gasteiger partial charge on any atom is 0.237 e. The van der Waals surface area contributed by atoms with Crippen molar-refractivity contribution in [2.45, 2.75) is 38.8 Å². The van der Waals surface area contributed by atoms with E-state index in [0.717, 1.165) is 24.9 Å². The van der Waals surface area contributed by atoms with Crippen molar-refractivity contribution in [2.24, 2.45) is 5.92 Å². The van der Waals surface area contributed by atoms with Crippen LogP contribution in [-0.2, 0) is 4.79 Å². The quantitative estimate of drug-likeness (QED) is 0.876. The molecular formula is C17H26N2O3. The molecule has 2 rings (SSSR count). The Bertz CT molecular complexity index is 519. The van der Waals surface area contributed by atoms with Gasteiger partial charge in [-0.15, -0.1) is 0 Å². The van der Waals surface area contributed by atoms with Crippen LogP contribution in [0.25, 0.3) is 0 Å². The molecule has 1 aliphatic rings. The Kier molecular flexibility index (Phi) is 5.66. The number of hydrogen-bond acceptors (Lipinski definition) is 4. The van der Waals surface area contributed by atoms with E-state index in [2.05, 4.69) is 17.6 Å². The molecule has 0 bridgehead atoms. The Balaban J connectivity index is 2.02. The third-order valence-corrected chi connectivity index (χ3v) is 4.25. The topological polar surface area (TPSA) is 59.6 Å². The maximum atomic E-state index is 12.4. The van der Waals surface area contributed by atoms with Gasteiger partial charge in [-0.2, -0.15) is 0 Å². The van der Waals surface area contributed by atoms with Crippen molar-refractivity contribution in [1.82, 2.24) is 10.6 Å². The van der Waals surface area contributed by atoms with Crippen molar-refractivity contribution in [1.29, 1.82) is 0 Å². The second-order valence-electron chi connectivity index (χ2n) is 5.98. The first-order valence-electron chi connectivity index (χ1n) is 7.80. The zero-order chi connectivity index (χ0) is 16.1. The molecule has 22 heavy (non-hydrogen) atoms. The number of piperidine rings is 1. The fourth-order valence-electron chi connectivity index (χ4n) is 2.83. The van der Waals surface area contributed by atoms with Crippen LogP contribution in [0.3, 0.4) is 0 Å². The van der Waals surface area contributed by atoms with Crippen LogP contribution in [0, 0.1) is 5.92 Å². The molecule has 1 heterocycles. The smallest absolute Gasteiger partial charge is 0.237 e. The van der Waals surface area contributed by atoms with E-state index in [9.17, 15) is 4.79 Å². The van der Waals surface area contributed by atoms with Crippen LogP contribution in [0.1, 0.15) is 38.3 Å². The van der Waals surface area contributed by atoms with E-state index < -0.39 is 0 Å². The third-order valence-electron chi connectivity index (χ3n) is 4.25. The van der Waals surface area contributed by atoms with Gasteiger partial charge in [-0.1, -0.05) is 13.0 Å². The highest BCUT2D eigenvalue weighted by atomic mass is 16.5. The molecule has 0 radical (unpaired) electrons. The minimum atomic E-state index is -0.0913. The van der Waals surface area contributed by atoms with E-state index in [0.29, 0.717) is 17.4 Å². The number of nitrogens with one attached hydrogen (secondary N) is 2. The Hall–Kier alpha value is -1.75. The number of carbonyl (C=O) groups is 1. The number of amides is 1. The molecule has 0 spiro atoms. The van der Waals surface area contributed by atoms with Crippen molar-refractivity contribution in [2.75, 3.05) is 20.8 Å². The molecule has 0 aliphatic carbocycles. The summed E-state index contributed by atoms with van der Waals surface area (Å²) in [6, 6.07) is 5.54. The fourth-order valence-corrected chi connectivity index (χ4v) is 2.83. The van der Waals surface area contributed by atoms with E-state index in [1.807, 2.05) is 25.1 Å². The lowest BCUT2D eigenvalue weighted by Crippen LogP contribution is -2.48. The van der Waals surface area contributed by atoms with Crippen LogP contribution in [0.2, 0.25) is 0 Å². The molecular weight excluding hydrogens is 280 g/mol. The van der Waals surface area contributed by atoms with Crippen LogP contribution in [-0.4, -0.2) is 32.7 Å². The van der Waals surface area contributed by atoms with Crippen LogP contribution in [0.15, 0.2) is 18.2 Å². The summed E-state index contributed by atoms with van der Waals surface area (Å²) in [6.45, 7) is 5.08. The lowest BCUT2D eigenvalue weighted by atomic mass is 9.93. The highest BCUT2D eigenvalue weighted by Crippen LogP contribution is 2.30. The van der Waals surface area contributed by atoms with Crippen molar-refractivity contribution in [3.05, 3.63) is 23.8 Å². The number of hydrogen-bond donors (Lipinski definition) is 2. The Morgan fingerprint density at radius 3 is 2.68 bits per heavy atom. The van der Waals surface area contributed by atoms with Gasteiger partial charge < -0.3 is 20.1 Å². The number of benzene rings is 1. The van der Waals surface area contributed by atoms with Gasteiger partial charge in [0.15, 0.2) is 11.5 Å². The fraction of sp³-hybridized carbons (Fsp3) is 0.588. The average Bonchev–Trinajstić information content (AvgIpc) is 2.54. The van der Waals surface area contributed by atoms with E-state index in [1.165, 1.54) is 0 Å².